The van der Waals surface area contributed by atoms with Crippen LogP contribution in [0, 0.1) is 0 Å². The maximum atomic E-state index is 11.5. The van der Waals surface area contributed by atoms with E-state index >= 15 is 0 Å². The first kappa shape index (κ1) is 14.9. The topological polar surface area (TPSA) is 55.8 Å². The van der Waals surface area contributed by atoms with Gasteiger partial charge in [0.1, 0.15) is 6.54 Å². The molecule has 0 bridgehead atoms. The third kappa shape index (κ3) is 7.23. The Bertz CT molecular complexity index is 218. The molecule has 1 amide bonds. The van der Waals surface area contributed by atoms with Gasteiger partial charge < -0.3 is 14.4 Å². The fourth-order valence-corrected chi connectivity index (χ4v) is 1.15. The van der Waals surface area contributed by atoms with E-state index in [1.807, 2.05) is 6.92 Å². The number of ether oxygens (including phenoxy) is 2. The van der Waals surface area contributed by atoms with Crippen LogP contribution in [0.15, 0.2) is 0 Å². The molecule has 0 unspecified atom stereocenters. The number of amides is 1. The summed E-state index contributed by atoms with van der Waals surface area (Å²) < 4.78 is 9.87. The van der Waals surface area contributed by atoms with Gasteiger partial charge in [-0.1, -0.05) is 0 Å². The highest BCUT2D eigenvalue weighted by Gasteiger charge is 2.12. The highest BCUT2D eigenvalue weighted by atomic mass is 16.5. The first-order valence-electron chi connectivity index (χ1n) is 5.59. The Morgan fingerprint density at radius 2 is 1.88 bits per heavy atom. The molecule has 0 aliphatic carbocycles. The number of carbonyl (C=O) groups is 2. The molecule has 0 aliphatic heterocycles. The summed E-state index contributed by atoms with van der Waals surface area (Å²) in [6, 6.07) is 0. The van der Waals surface area contributed by atoms with Crippen LogP contribution in [-0.4, -0.2) is 50.2 Å². The maximum Gasteiger partial charge on any atom is 0.325 e. The zero-order valence-corrected chi connectivity index (χ0v) is 10.3. The normalized spacial score (nSPS) is 9.94. The molecule has 0 aromatic heterocycles. The Hall–Kier alpha value is -1.10. The van der Waals surface area contributed by atoms with Gasteiger partial charge in [-0.25, -0.2) is 0 Å². The van der Waals surface area contributed by atoms with Crippen molar-refractivity contribution in [2.45, 2.75) is 26.7 Å². The van der Waals surface area contributed by atoms with Gasteiger partial charge in [-0.2, -0.15) is 0 Å². The first-order valence-corrected chi connectivity index (χ1v) is 5.59. The summed E-state index contributed by atoms with van der Waals surface area (Å²) >= 11 is 0. The van der Waals surface area contributed by atoms with E-state index in [1.165, 1.54) is 4.90 Å². The van der Waals surface area contributed by atoms with Crippen molar-refractivity contribution < 1.29 is 19.1 Å². The predicted octanol–water partition coefficient (Wildman–Crippen LogP) is 0.825. The number of esters is 1. The van der Waals surface area contributed by atoms with Crippen molar-refractivity contribution in [1.29, 1.82) is 0 Å². The van der Waals surface area contributed by atoms with Gasteiger partial charge in [-0.05, 0) is 20.3 Å². The third-order valence-electron chi connectivity index (χ3n) is 1.98. The van der Waals surface area contributed by atoms with Crippen molar-refractivity contribution >= 4 is 11.9 Å². The fraction of sp³-hybridized carbons (Fsp3) is 0.818. The second-order valence-electron chi connectivity index (χ2n) is 3.36. The molecule has 0 spiro atoms. The fourth-order valence-electron chi connectivity index (χ4n) is 1.15. The monoisotopic (exact) mass is 231 g/mol. The van der Waals surface area contributed by atoms with Crippen LogP contribution in [0.1, 0.15) is 26.7 Å². The zero-order chi connectivity index (χ0) is 12.4. The van der Waals surface area contributed by atoms with E-state index in [-0.39, 0.29) is 18.4 Å². The van der Waals surface area contributed by atoms with Gasteiger partial charge in [0, 0.05) is 26.7 Å². The molecule has 0 N–H and O–H groups in total. The number of hydrogen-bond donors (Lipinski definition) is 0. The van der Waals surface area contributed by atoms with Crippen molar-refractivity contribution in [1.82, 2.24) is 4.90 Å². The van der Waals surface area contributed by atoms with E-state index in [9.17, 15) is 9.59 Å². The van der Waals surface area contributed by atoms with Crippen LogP contribution in [-0.2, 0) is 19.1 Å². The van der Waals surface area contributed by atoms with Gasteiger partial charge in [0.2, 0.25) is 5.91 Å². The molecule has 0 heterocycles. The minimum absolute atomic E-state index is 0.0152. The molecule has 0 aliphatic rings. The van der Waals surface area contributed by atoms with Crippen LogP contribution in [0.4, 0.5) is 0 Å². The molecule has 0 saturated carbocycles. The van der Waals surface area contributed by atoms with Gasteiger partial charge in [0.05, 0.1) is 6.61 Å². The summed E-state index contributed by atoms with van der Waals surface area (Å²) in [5.41, 5.74) is 0. The molecule has 0 fully saturated rings. The predicted molar refractivity (Wildman–Crippen MR) is 60.0 cm³/mol. The highest BCUT2D eigenvalue weighted by molar-refractivity contribution is 5.81. The lowest BCUT2D eigenvalue weighted by Crippen LogP contribution is -2.33. The van der Waals surface area contributed by atoms with E-state index in [4.69, 9.17) is 9.47 Å². The standard InChI is InChI=1S/C11H21NO4/c1-4-15-8-6-7-10(13)12(3)9-11(14)16-5-2/h4-9H2,1-3H3. The molecular weight excluding hydrogens is 210 g/mol. The molecule has 16 heavy (non-hydrogen) atoms. The minimum atomic E-state index is -0.372. The Balaban J connectivity index is 3.68. The molecule has 5 heteroatoms. The molecule has 0 saturated heterocycles. The van der Waals surface area contributed by atoms with Crippen molar-refractivity contribution in [3.05, 3.63) is 0 Å². The summed E-state index contributed by atoms with van der Waals surface area (Å²) in [4.78, 5) is 24.0. The van der Waals surface area contributed by atoms with Crippen molar-refractivity contribution in [3.63, 3.8) is 0 Å². The third-order valence-corrected chi connectivity index (χ3v) is 1.98. The Morgan fingerprint density at radius 1 is 1.19 bits per heavy atom. The summed E-state index contributed by atoms with van der Waals surface area (Å²) in [6.45, 7) is 5.24. The average Bonchev–Trinajstić information content (AvgIpc) is 2.24. The van der Waals surface area contributed by atoms with E-state index in [0.29, 0.717) is 32.7 Å². The van der Waals surface area contributed by atoms with E-state index in [2.05, 4.69) is 0 Å². The lowest BCUT2D eigenvalue weighted by Gasteiger charge is -2.15. The van der Waals surface area contributed by atoms with E-state index in [0.717, 1.165) is 0 Å². The van der Waals surface area contributed by atoms with Gasteiger partial charge in [-0.15, -0.1) is 0 Å². The van der Waals surface area contributed by atoms with Gasteiger partial charge in [-0.3, -0.25) is 9.59 Å². The Kier molecular flexibility index (Phi) is 8.52. The summed E-state index contributed by atoms with van der Waals surface area (Å²) in [5.74, 6) is -0.434. The van der Waals surface area contributed by atoms with E-state index in [1.54, 1.807) is 14.0 Å². The molecule has 94 valence electrons. The van der Waals surface area contributed by atoms with Gasteiger partial charge in [0.15, 0.2) is 0 Å². The second-order valence-corrected chi connectivity index (χ2v) is 3.36. The molecule has 0 aromatic carbocycles. The summed E-state index contributed by atoms with van der Waals surface area (Å²) in [7, 11) is 1.60. The summed E-state index contributed by atoms with van der Waals surface area (Å²) in [5, 5.41) is 0. The average molecular weight is 231 g/mol. The molecule has 0 aromatic rings. The van der Waals surface area contributed by atoms with Crippen molar-refractivity contribution in [2.24, 2.45) is 0 Å². The van der Waals surface area contributed by atoms with Gasteiger partial charge >= 0.3 is 5.97 Å². The molecule has 0 atom stereocenters. The van der Waals surface area contributed by atoms with Crippen molar-refractivity contribution in [3.8, 4) is 0 Å². The second kappa shape index (κ2) is 9.15. The first-order chi connectivity index (χ1) is 7.61. The number of hydrogen-bond acceptors (Lipinski definition) is 4. The molecular formula is C11H21NO4. The molecule has 0 radical (unpaired) electrons. The van der Waals surface area contributed by atoms with Crippen LogP contribution in [0.3, 0.4) is 0 Å². The highest BCUT2D eigenvalue weighted by Crippen LogP contribution is 1.97. The van der Waals surface area contributed by atoms with E-state index < -0.39 is 0 Å². The SMILES string of the molecule is CCOCCCC(=O)N(C)CC(=O)OCC. The van der Waals surface area contributed by atoms with Crippen molar-refractivity contribution in [2.75, 3.05) is 33.4 Å². The minimum Gasteiger partial charge on any atom is -0.465 e. The number of likely N-dealkylation sites (N-methyl/N-ethyl adjacent to an activating group) is 1. The van der Waals surface area contributed by atoms with Crippen LogP contribution >= 0.6 is 0 Å². The van der Waals surface area contributed by atoms with Gasteiger partial charge in [0.25, 0.3) is 0 Å². The number of rotatable bonds is 8. The van der Waals surface area contributed by atoms with Crippen LogP contribution in [0.25, 0.3) is 0 Å². The zero-order valence-electron chi connectivity index (χ0n) is 10.3. The van der Waals surface area contributed by atoms with Crippen LogP contribution in [0.5, 0.6) is 0 Å². The Morgan fingerprint density at radius 3 is 2.44 bits per heavy atom. The maximum absolute atomic E-state index is 11.5. The Labute approximate surface area is 96.7 Å². The quantitative estimate of drug-likeness (QED) is 0.458. The number of carbonyl (C=O) groups excluding carboxylic acids is 2. The lowest BCUT2D eigenvalue weighted by molar-refractivity contribution is -0.148. The number of nitrogens with zero attached hydrogens (tertiary/aromatic N) is 1. The molecule has 5 nitrogen and oxygen atoms in total. The molecule has 0 rings (SSSR count). The summed E-state index contributed by atoms with van der Waals surface area (Å²) in [6.07, 6.45) is 1.08. The lowest BCUT2D eigenvalue weighted by atomic mass is 10.3. The van der Waals surface area contributed by atoms with Crippen LogP contribution < -0.4 is 0 Å². The van der Waals surface area contributed by atoms with Crippen LogP contribution in [0.2, 0.25) is 0 Å². The smallest absolute Gasteiger partial charge is 0.325 e. The largest absolute Gasteiger partial charge is 0.465 e.